The maximum atomic E-state index is 14.0. The zero-order valence-corrected chi connectivity index (χ0v) is 18.3. The number of anilines is 2. The molecule has 0 aliphatic carbocycles. The summed E-state index contributed by atoms with van der Waals surface area (Å²) in [6.07, 6.45) is -3.70. The quantitative estimate of drug-likeness (QED) is 0.198. The van der Waals surface area contributed by atoms with Gasteiger partial charge < -0.3 is 19.5 Å². The maximum absolute atomic E-state index is 14.0. The van der Waals surface area contributed by atoms with Crippen molar-refractivity contribution in [2.45, 2.75) is 12.8 Å². The molecular weight excluding hydrogens is 477 g/mol. The van der Waals surface area contributed by atoms with E-state index < -0.39 is 41.3 Å². The molecule has 184 valence electrons. The second kappa shape index (κ2) is 10.8. The molecule has 1 N–H and O–H groups in total. The Bertz CT molecular complexity index is 1250. The highest BCUT2D eigenvalue weighted by Gasteiger charge is 2.34. The number of aromatic nitrogens is 2. The summed E-state index contributed by atoms with van der Waals surface area (Å²) in [4.78, 5) is 19.3. The van der Waals surface area contributed by atoms with Gasteiger partial charge in [0.2, 0.25) is 11.8 Å². The fraction of sp³-hybridized carbons (Fsp3) is 0.174. The predicted molar refractivity (Wildman–Crippen MR) is 114 cm³/mol. The Morgan fingerprint density at radius 3 is 2.46 bits per heavy atom. The molecule has 0 saturated carbocycles. The lowest BCUT2D eigenvalue weighted by Gasteiger charge is -2.14. The SMILES string of the molecule is CO/C=C(/C(=O)OC)c1ccccc1COc1cc(C(F)(F)F)nc(Nc2ccc(F)cc2F)n1. The average Bonchev–Trinajstić information content (AvgIpc) is 2.82. The molecule has 0 amide bonds. The monoisotopic (exact) mass is 495 g/mol. The average molecular weight is 495 g/mol. The van der Waals surface area contributed by atoms with Crippen LogP contribution in [0.5, 0.6) is 5.88 Å². The predicted octanol–water partition coefficient (Wildman–Crippen LogP) is 5.26. The van der Waals surface area contributed by atoms with E-state index in [0.29, 0.717) is 23.3 Å². The molecule has 3 aromatic rings. The van der Waals surface area contributed by atoms with Gasteiger partial charge in [-0.3, -0.25) is 0 Å². The number of nitrogens with one attached hydrogen (secondary N) is 1. The van der Waals surface area contributed by atoms with Gasteiger partial charge in [-0.05, 0) is 23.3 Å². The third-order valence-corrected chi connectivity index (χ3v) is 4.49. The van der Waals surface area contributed by atoms with Gasteiger partial charge in [-0.25, -0.2) is 18.6 Å². The highest BCUT2D eigenvalue weighted by molar-refractivity contribution is 6.16. The third-order valence-electron chi connectivity index (χ3n) is 4.49. The van der Waals surface area contributed by atoms with E-state index in [4.69, 9.17) is 14.2 Å². The van der Waals surface area contributed by atoms with Crippen molar-refractivity contribution in [1.29, 1.82) is 0 Å². The van der Waals surface area contributed by atoms with Crippen LogP contribution >= 0.6 is 0 Å². The summed E-state index contributed by atoms with van der Waals surface area (Å²) in [7, 11) is 2.52. The van der Waals surface area contributed by atoms with Crippen molar-refractivity contribution in [2.75, 3.05) is 19.5 Å². The lowest BCUT2D eigenvalue weighted by molar-refractivity contribution is -0.141. The zero-order valence-electron chi connectivity index (χ0n) is 18.3. The van der Waals surface area contributed by atoms with Crippen molar-refractivity contribution in [3.63, 3.8) is 0 Å². The number of carbonyl (C=O) groups excluding carboxylic acids is 1. The van der Waals surface area contributed by atoms with Crippen LogP contribution in [0.2, 0.25) is 0 Å². The van der Waals surface area contributed by atoms with Gasteiger partial charge >= 0.3 is 12.1 Å². The Labute approximate surface area is 196 Å². The molecule has 0 radical (unpaired) electrons. The van der Waals surface area contributed by atoms with Crippen LogP contribution in [0.3, 0.4) is 0 Å². The second-order valence-electron chi connectivity index (χ2n) is 6.87. The fourth-order valence-electron chi connectivity index (χ4n) is 2.92. The third kappa shape index (κ3) is 6.43. The summed E-state index contributed by atoms with van der Waals surface area (Å²) in [5.41, 5.74) is -0.864. The van der Waals surface area contributed by atoms with Crippen molar-refractivity contribution in [3.05, 3.63) is 83.2 Å². The number of rotatable bonds is 8. The van der Waals surface area contributed by atoms with Crippen LogP contribution < -0.4 is 10.1 Å². The van der Waals surface area contributed by atoms with Gasteiger partial charge in [0, 0.05) is 12.1 Å². The van der Waals surface area contributed by atoms with Gasteiger partial charge in [-0.1, -0.05) is 24.3 Å². The second-order valence-corrected chi connectivity index (χ2v) is 6.87. The Hall–Kier alpha value is -4.22. The molecule has 0 saturated heterocycles. The molecule has 0 bridgehead atoms. The van der Waals surface area contributed by atoms with E-state index in [9.17, 15) is 26.7 Å². The number of ether oxygens (including phenoxy) is 3. The van der Waals surface area contributed by atoms with Gasteiger partial charge in [-0.15, -0.1) is 0 Å². The van der Waals surface area contributed by atoms with Crippen molar-refractivity contribution in [2.24, 2.45) is 0 Å². The molecule has 2 aromatic carbocycles. The van der Waals surface area contributed by atoms with Crippen LogP contribution in [-0.2, 0) is 27.1 Å². The number of hydrogen-bond donors (Lipinski definition) is 1. The number of methoxy groups -OCH3 is 2. The van der Waals surface area contributed by atoms with E-state index in [-0.39, 0.29) is 17.9 Å². The minimum Gasteiger partial charge on any atom is -0.503 e. The smallest absolute Gasteiger partial charge is 0.433 e. The molecule has 1 aromatic heterocycles. The number of esters is 1. The lowest BCUT2D eigenvalue weighted by atomic mass is 10.0. The summed E-state index contributed by atoms with van der Waals surface area (Å²) < 4.78 is 82.4. The summed E-state index contributed by atoms with van der Waals surface area (Å²) >= 11 is 0. The minimum absolute atomic E-state index is 0.0574. The molecule has 0 atom stereocenters. The van der Waals surface area contributed by atoms with E-state index in [1.165, 1.54) is 14.2 Å². The van der Waals surface area contributed by atoms with E-state index >= 15 is 0 Å². The van der Waals surface area contributed by atoms with Crippen LogP contribution in [0.15, 0.2) is 54.8 Å². The van der Waals surface area contributed by atoms with Crippen molar-refractivity contribution in [1.82, 2.24) is 9.97 Å². The molecule has 35 heavy (non-hydrogen) atoms. The van der Waals surface area contributed by atoms with Gasteiger partial charge in [-0.2, -0.15) is 18.2 Å². The molecule has 0 unspecified atom stereocenters. The maximum Gasteiger partial charge on any atom is 0.433 e. The fourth-order valence-corrected chi connectivity index (χ4v) is 2.92. The van der Waals surface area contributed by atoms with Gasteiger partial charge in [0.15, 0.2) is 5.69 Å². The van der Waals surface area contributed by atoms with Crippen LogP contribution in [0.1, 0.15) is 16.8 Å². The molecule has 0 aliphatic heterocycles. The Kier molecular flexibility index (Phi) is 7.84. The molecule has 7 nitrogen and oxygen atoms in total. The summed E-state index contributed by atoms with van der Waals surface area (Å²) in [6.45, 7) is -0.299. The molecular formula is C23H18F5N3O4. The normalized spacial score (nSPS) is 11.7. The Morgan fingerprint density at radius 2 is 1.80 bits per heavy atom. The first-order chi connectivity index (χ1) is 16.6. The van der Waals surface area contributed by atoms with Crippen molar-refractivity contribution >= 4 is 23.2 Å². The molecule has 0 spiro atoms. The number of nitrogens with zero attached hydrogens (tertiary/aromatic N) is 2. The number of halogens is 5. The first-order valence-electron chi connectivity index (χ1n) is 9.83. The number of carbonyl (C=O) groups is 1. The number of hydrogen-bond acceptors (Lipinski definition) is 7. The summed E-state index contributed by atoms with van der Waals surface area (Å²) in [5.74, 6) is -3.73. The Morgan fingerprint density at radius 1 is 1.06 bits per heavy atom. The van der Waals surface area contributed by atoms with Crippen LogP contribution in [-0.4, -0.2) is 30.2 Å². The van der Waals surface area contributed by atoms with Crippen LogP contribution in [0.4, 0.5) is 33.6 Å². The van der Waals surface area contributed by atoms with E-state index in [1.54, 1.807) is 24.3 Å². The number of alkyl halides is 3. The molecule has 0 fully saturated rings. The molecule has 12 heteroatoms. The van der Waals surface area contributed by atoms with Gasteiger partial charge in [0.05, 0.1) is 26.2 Å². The molecule has 1 heterocycles. The van der Waals surface area contributed by atoms with Gasteiger partial charge in [0.1, 0.15) is 23.8 Å². The lowest BCUT2D eigenvalue weighted by Crippen LogP contribution is -2.13. The largest absolute Gasteiger partial charge is 0.503 e. The standard InChI is InChI=1S/C23H18F5N3O4/c1-33-12-16(21(32)34-2)15-6-4-3-5-13(15)11-35-20-10-19(23(26,27)28)30-22(31-20)29-18-8-7-14(24)9-17(18)25/h3-10,12H,11H2,1-2H3,(H,29,30,31)/b16-12+. The first kappa shape index (κ1) is 25.4. The molecule has 0 aliphatic rings. The van der Waals surface area contributed by atoms with Crippen LogP contribution in [0.25, 0.3) is 5.57 Å². The highest BCUT2D eigenvalue weighted by atomic mass is 19.4. The van der Waals surface area contributed by atoms with Crippen LogP contribution in [0, 0.1) is 11.6 Å². The van der Waals surface area contributed by atoms with E-state index in [2.05, 4.69) is 15.3 Å². The van der Waals surface area contributed by atoms with E-state index in [1.807, 2.05) is 0 Å². The van der Waals surface area contributed by atoms with E-state index in [0.717, 1.165) is 18.4 Å². The summed E-state index contributed by atoms with van der Waals surface area (Å²) in [5, 5.41) is 2.29. The van der Waals surface area contributed by atoms with Gasteiger partial charge in [0.25, 0.3) is 0 Å². The minimum atomic E-state index is -4.87. The topological polar surface area (TPSA) is 82.6 Å². The van der Waals surface area contributed by atoms with Crippen molar-refractivity contribution in [3.8, 4) is 5.88 Å². The zero-order chi connectivity index (χ0) is 25.6. The first-order valence-corrected chi connectivity index (χ1v) is 9.83. The summed E-state index contributed by atoms with van der Waals surface area (Å²) in [6, 6.07) is 9.46. The van der Waals surface area contributed by atoms with Crippen molar-refractivity contribution < 1.29 is 41.0 Å². The highest BCUT2D eigenvalue weighted by Crippen LogP contribution is 2.32. The Balaban J connectivity index is 1.93. The number of benzene rings is 2. The molecule has 3 rings (SSSR count).